The molecule has 3 aromatic heterocycles. The van der Waals surface area contributed by atoms with Gasteiger partial charge in [-0.05, 0) is 19.1 Å². The predicted molar refractivity (Wildman–Crippen MR) is 82.9 cm³/mol. The van der Waals surface area contributed by atoms with Gasteiger partial charge in [-0.2, -0.15) is 9.61 Å². The largest absolute Gasteiger partial charge is 0.384 e. The Labute approximate surface area is 121 Å². The summed E-state index contributed by atoms with van der Waals surface area (Å²) in [4.78, 5) is 9.04. The van der Waals surface area contributed by atoms with E-state index in [0.29, 0.717) is 5.82 Å². The molecule has 0 aliphatic rings. The zero-order valence-corrected chi connectivity index (χ0v) is 11.5. The Morgan fingerprint density at radius 2 is 1.95 bits per heavy atom. The van der Waals surface area contributed by atoms with Gasteiger partial charge in [-0.15, -0.1) is 0 Å². The summed E-state index contributed by atoms with van der Waals surface area (Å²) in [6.45, 7) is 1.92. The van der Waals surface area contributed by atoms with Crippen LogP contribution in [0.2, 0.25) is 0 Å². The Bertz CT molecular complexity index is 971. The average molecular weight is 275 g/mol. The number of para-hydroxylation sites is 1. The van der Waals surface area contributed by atoms with Crippen LogP contribution in [0.3, 0.4) is 0 Å². The van der Waals surface area contributed by atoms with Crippen LogP contribution in [0.1, 0.15) is 5.69 Å². The van der Waals surface area contributed by atoms with E-state index >= 15 is 0 Å². The lowest BCUT2D eigenvalue weighted by molar-refractivity contribution is 0.942. The number of nitrogens with two attached hydrogens (primary N) is 1. The molecule has 0 unspecified atom stereocenters. The molecule has 5 heteroatoms. The SMILES string of the molecule is Cc1cc(N)n2ncc(-c3cnc4ccccc4c3)c2n1. The third-order valence-electron chi connectivity index (χ3n) is 3.53. The van der Waals surface area contributed by atoms with Crippen LogP contribution in [0.4, 0.5) is 5.82 Å². The smallest absolute Gasteiger partial charge is 0.165 e. The van der Waals surface area contributed by atoms with Crippen molar-refractivity contribution in [2.24, 2.45) is 0 Å². The maximum absolute atomic E-state index is 5.98. The van der Waals surface area contributed by atoms with Crippen molar-refractivity contribution >= 4 is 22.4 Å². The Hall–Kier alpha value is -2.95. The van der Waals surface area contributed by atoms with Crippen LogP contribution >= 0.6 is 0 Å². The molecule has 0 saturated carbocycles. The summed E-state index contributed by atoms with van der Waals surface area (Å²) in [5.74, 6) is 0.581. The maximum Gasteiger partial charge on any atom is 0.165 e. The van der Waals surface area contributed by atoms with Crippen molar-refractivity contribution in [3.05, 3.63) is 54.5 Å². The minimum Gasteiger partial charge on any atom is -0.384 e. The van der Waals surface area contributed by atoms with Crippen molar-refractivity contribution in [3.63, 3.8) is 0 Å². The Morgan fingerprint density at radius 1 is 1.10 bits per heavy atom. The van der Waals surface area contributed by atoms with Gasteiger partial charge in [0.1, 0.15) is 5.82 Å². The molecule has 0 fully saturated rings. The molecule has 4 aromatic rings. The van der Waals surface area contributed by atoms with E-state index in [1.807, 2.05) is 43.5 Å². The van der Waals surface area contributed by atoms with E-state index in [1.54, 1.807) is 10.7 Å². The molecule has 0 atom stereocenters. The first kappa shape index (κ1) is 11.8. The molecule has 3 heterocycles. The summed E-state index contributed by atoms with van der Waals surface area (Å²) >= 11 is 0. The average Bonchev–Trinajstić information content (AvgIpc) is 2.91. The number of benzene rings is 1. The van der Waals surface area contributed by atoms with Crippen molar-refractivity contribution in [1.82, 2.24) is 19.6 Å². The van der Waals surface area contributed by atoms with Crippen LogP contribution in [0.15, 0.2) is 48.8 Å². The standard InChI is InChI=1S/C16H13N5/c1-10-6-15(17)21-16(20-10)13(9-19-21)12-7-11-4-2-3-5-14(11)18-8-12/h2-9H,17H2,1H3. The predicted octanol–water partition coefficient (Wildman–Crippen LogP) is 2.84. The Morgan fingerprint density at radius 3 is 2.86 bits per heavy atom. The van der Waals surface area contributed by atoms with E-state index in [0.717, 1.165) is 33.4 Å². The summed E-state index contributed by atoms with van der Waals surface area (Å²) in [7, 11) is 0. The topological polar surface area (TPSA) is 69.1 Å². The number of fused-ring (bicyclic) bond motifs is 2. The number of anilines is 1. The van der Waals surface area contributed by atoms with Crippen molar-refractivity contribution in [1.29, 1.82) is 0 Å². The highest BCUT2D eigenvalue weighted by molar-refractivity contribution is 5.86. The molecule has 21 heavy (non-hydrogen) atoms. The number of hydrogen-bond acceptors (Lipinski definition) is 4. The normalized spacial score (nSPS) is 11.3. The van der Waals surface area contributed by atoms with Gasteiger partial charge in [-0.1, -0.05) is 18.2 Å². The molecule has 0 amide bonds. The highest BCUT2D eigenvalue weighted by Gasteiger charge is 2.11. The second kappa shape index (κ2) is 4.28. The second-order valence-electron chi connectivity index (χ2n) is 5.03. The first-order chi connectivity index (χ1) is 10.2. The van der Waals surface area contributed by atoms with Gasteiger partial charge in [0.25, 0.3) is 0 Å². The van der Waals surface area contributed by atoms with E-state index in [4.69, 9.17) is 5.73 Å². The Kier molecular flexibility index (Phi) is 2.41. The second-order valence-corrected chi connectivity index (χ2v) is 5.03. The molecule has 0 aliphatic carbocycles. The van der Waals surface area contributed by atoms with Gasteiger partial charge >= 0.3 is 0 Å². The van der Waals surface area contributed by atoms with Gasteiger partial charge in [-0.3, -0.25) is 4.98 Å². The number of hydrogen-bond donors (Lipinski definition) is 1. The highest BCUT2D eigenvalue weighted by Crippen LogP contribution is 2.26. The molecule has 4 rings (SSSR count). The fourth-order valence-corrected chi connectivity index (χ4v) is 2.53. The van der Waals surface area contributed by atoms with Crippen LogP contribution in [-0.2, 0) is 0 Å². The lowest BCUT2D eigenvalue weighted by atomic mass is 10.1. The lowest BCUT2D eigenvalue weighted by Crippen LogP contribution is -2.01. The van der Waals surface area contributed by atoms with Crippen LogP contribution in [0.25, 0.3) is 27.7 Å². The van der Waals surface area contributed by atoms with Gasteiger partial charge in [0.05, 0.1) is 11.7 Å². The third kappa shape index (κ3) is 1.82. The monoisotopic (exact) mass is 275 g/mol. The van der Waals surface area contributed by atoms with Crippen LogP contribution in [0.5, 0.6) is 0 Å². The minimum absolute atomic E-state index is 0.581. The quantitative estimate of drug-likeness (QED) is 0.580. The van der Waals surface area contributed by atoms with E-state index in [-0.39, 0.29) is 0 Å². The summed E-state index contributed by atoms with van der Waals surface area (Å²) in [6.07, 6.45) is 3.63. The van der Waals surface area contributed by atoms with Gasteiger partial charge in [-0.25, -0.2) is 4.98 Å². The minimum atomic E-state index is 0.581. The molecule has 0 bridgehead atoms. The summed E-state index contributed by atoms with van der Waals surface area (Å²) < 4.78 is 1.65. The van der Waals surface area contributed by atoms with E-state index < -0.39 is 0 Å². The van der Waals surface area contributed by atoms with Crippen molar-refractivity contribution in [2.45, 2.75) is 6.92 Å². The molecular weight excluding hydrogens is 262 g/mol. The molecule has 0 radical (unpaired) electrons. The van der Waals surface area contributed by atoms with Crippen molar-refractivity contribution < 1.29 is 0 Å². The molecule has 0 saturated heterocycles. The molecule has 2 N–H and O–H groups in total. The summed E-state index contributed by atoms with van der Waals surface area (Å²) in [5.41, 5.74) is 10.5. The fraction of sp³-hybridized carbons (Fsp3) is 0.0625. The number of pyridine rings is 1. The zero-order chi connectivity index (χ0) is 14.4. The third-order valence-corrected chi connectivity index (χ3v) is 3.53. The molecule has 102 valence electrons. The van der Waals surface area contributed by atoms with Gasteiger partial charge < -0.3 is 5.73 Å². The first-order valence-electron chi connectivity index (χ1n) is 6.68. The van der Waals surface area contributed by atoms with Gasteiger partial charge in [0.15, 0.2) is 5.65 Å². The molecule has 0 spiro atoms. The van der Waals surface area contributed by atoms with Crippen molar-refractivity contribution in [3.8, 4) is 11.1 Å². The number of nitrogens with zero attached hydrogens (tertiary/aromatic N) is 4. The zero-order valence-electron chi connectivity index (χ0n) is 11.5. The molecule has 0 aliphatic heterocycles. The molecule has 1 aromatic carbocycles. The van der Waals surface area contributed by atoms with Crippen LogP contribution in [-0.4, -0.2) is 19.6 Å². The highest BCUT2D eigenvalue weighted by atomic mass is 15.3. The van der Waals surface area contributed by atoms with E-state index in [1.165, 1.54) is 0 Å². The number of nitrogen functional groups attached to an aromatic ring is 1. The number of aryl methyl sites for hydroxylation is 1. The number of aromatic nitrogens is 4. The van der Waals surface area contributed by atoms with Crippen molar-refractivity contribution in [2.75, 3.05) is 5.73 Å². The lowest BCUT2D eigenvalue weighted by Gasteiger charge is -2.03. The summed E-state index contributed by atoms with van der Waals surface area (Å²) in [6, 6.07) is 11.9. The van der Waals surface area contributed by atoms with Crippen LogP contribution in [0, 0.1) is 6.92 Å². The van der Waals surface area contributed by atoms with Gasteiger partial charge in [0, 0.05) is 34.5 Å². The van der Waals surface area contributed by atoms with E-state index in [2.05, 4.69) is 21.1 Å². The maximum atomic E-state index is 5.98. The van der Waals surface area contributed by atoms with E-state index in [9.17, 15) is 0 Å². The fourth-order valence-electron chi connectivity index (χ4n) is 2.53. The van der Waals surface area contributed by atoms with Gasteiger partial charge in [0.2, 0.25) is 0 Å². The molecule has 5 nitrogen and oxygen atoms in total. The number of rotatable bonds is 1. The summed E-state index contributed by atoms with van der Waals surface area (Å²) in [5, 5.41) is 5.41. The first-order valence-corrected chi connectivity index (χ1v) is 6.68. The van der Waals surface area contributed by atoms with Crippen LogP contribution < -0.4 is 5.73 Å². The molecular formula is C16H13N5. The Balaban J connectivity index is 2.00.